The molecule has 2 aliphatic rings. The molecule has 6 nitrogen and oxygen atoms in total. The molecule has 0 N–H and O–H groups in total. The third-order valence-corrected chi connectivity index (χ3v) is 3.80. The summed E-state index contributed by atoms with van der Waals surface area (Å²) in [6.45, 7) is 0.398. The number of benzene rings is 2. The number of ether oxygens (including phenoxy) is 6. The molecule has 2 heterocycles. The zero-order valence-corrected chi connectivity index (χ0v) is 12.8. The zero-order chi connectivity index (χ0) is 15.9. The Bertz CT molecular complexity index is 650. The van der Waals surface area contributed by atoms with Crippen molar-refractivity contribution < 1.29 is 28.4 Å². The van der Waals surface area contributed by atoms with Gasteiger partial charge in [0, 0.05) is 0 Å². The highest BCUT2D eigenvalue weighted by Crippen LogP contribution is 2.47. The van der Waals surface area contributed by atoms with Crippen molar-refractivity contribution in [2.45, 2.75) is 5.79 Å². The average molecular weight is 316 g/mol. The van der Waals surface area contributed by atoms with E-state index in [4.69, 9.17) is 28.4 Å². The van der Waals surface area contributed by atoms with Gasteiger partial charge in [0.05, 0.1) is 14.2 Å². The summed E-state index contributed by atoms with van der Waals surface area (Å²) in [6.07, 6.45) is 0. The molecule has 0 saturated heterocycles. The van der Waals surface area contributed by atoms with Crippen LogP contribution in [-0.4, -0.2) is 33.2 Å². The molecule has 0 aliphatic carbocycles. The predicted molar refractivity (Wildman–Crippen MR) is 81.0 cm³/mol. The van der Waals surface area contributed by atoms with Crippen molar-refractivity contribution in [1.29, 1.82) is 0 Å². The molecule has 2 aromatic rings. The summed E-state index contributed by atoms with van der Waals surface area (Å²) in [5.41, 5.74) is 0. The number of hydrogen-bond donors (Lipinski definition) is 0. The lowest BCUT2D eigenvalue weighted by atomic mass is 10.2. The maximum atomic E-state index is 6.09. The van der Waals surface area contributed by atoms with Crippen molar-refractivity contribution in [3.63, 3.8) is 0 Å². The largest absolute Gasteiger partial charge is 0.493 e. The maximum absolute atomic E-state index is 6.09. The van der Waals surface area contributed by atoms with Gasteiger partial charge < -0.3 is 28.4 Å². The van der Waals surface area contributed by atoms with Gasteiger partial charge >= 0.3 is 5.79 Å². The quantitative estimate of drug-likeness (QED) is 0.849. The Morgan fingerprint density at radius 1 is 0.783 bits per heavy atom. The Balaban J connectivity index is 1.71. The number of para-hydroxylation sites is 2. The molecule has 0 unspecified atom stereocenters. The molecule has 1 spiro atoms. The van der Waals surface area contributed by atoms with Crippen LogP contribution in [0.25, 0.3) is 0 Å². The molecule has 4 rings (SSSR count). The van der Waals surface area contributed by atoms with Crippen molar-refractivity contribution in [1.82, 2.24) is 0 Å². The molecule has 0 amide bonds. The van der Waals surface area contributed by atoms with Gasteiger partial charge in [0.25, 0.3) is 0 Å². The summed E-state index contributed by atoms with van der Waals surface area (Å²) < 4.78 is 34.4. The lowest BCUT2D eigenvalue weighted by Crippen LogP contribution is -2.56. The van der Waals surface area contributed by atoms with Crippen LogP contribution in [0.3, 0.4) is 0 Å². The second-order valence-corrected chi connectivity index (χ2v) is 5.27. The van der Waals surface area contributed by atoms with Crippen LogP contribution in [0.5, 0.6) is 34.5 Å². The van der Waals surface area contributed by atoms with E-state index in [1.165, 1.54) is 0 Å². The fourth-order valence-corrected chi connectivity index (χ4v) is 2.67. The third-order valence-electron chi connectivity index (χ3n) is 3.80. The Morgan fingerprint density at radius 3 is 1.70 bits per heavy atom. The van der Waals surface area contributed by atoms with Crippen molar-refractivity contribution in [2.75, 3.05) is 27.4 Å². The van der Waals surface area contributed by atoms with E-state index < -0.39 is 5.79 Å². The highest BCUT2D eigenvalue weighted by atomic mass is 16.8. The SMILES string of the molecule is COc1cccc2c1OC1(CO2)COc2cccc(OC)c2O1. The first-order valence-electron chi connectivity index (χ1n) is 7.22. The van der Waals surface area contributed by atoms with E-state index in [1.807, 2.05) is 24.3 Å². The van der Waals surface area contributed by atoms with E-state index in [-0.39, 0.29) is 13.2 Å². The molecule has 0 saturated carbocycles. The second-order valence-electron chi connectivity index (χ2n) is 5.27. The minimum atomic E-state index is -1.08. The van der Waals surface area contributed by atoms with E-state index in [0.29, 0.717) is 34.5 Å². The fraction of sp³-hybridized carbons (Fsp3) is 0.294. The maximum Gasteiger partial charge on any atom is 0.320 e. The van der Waals surface area contributed by atoms with Gasteiger partial charge in [0.15, 0.2) is 36.2 Å². The number of hydrogen-bond acceptors (Lipinski definition) is 6. The van der Waals surface area contributed by atoms with E-state index in [1.54, 1.807) is 26.4 Å². The molecule has 0 radical (unpaired) electrons. The first-order valence-corrected chi connectivity index (χ1v) is 7.22. The highest BCUT2D eigenvalue weighted by Gasteiger charge is 2.46. The van der Waals surface area contributed by atoms with Gasteiger partial charge in [-0.15, -0.1) is 0 Å². The Kier molecular flexibility index (Phi) is 3.11. The minimum absolute atomic E-state index is 0.199. The lowest BCUT2D eigenvalue weighted by Gasteiger charge is -2.41. The molecule has 2 aromatic carbocycles. The van der Waals surface area contributed by atoms with Crippen LogP contribution in [0.15, 0.2) is 36.4 Å². The van der Waals surface area contributed by atoms with Crippen LogP contribution in [0.2, 0.25) is 0 Å². The molecule has 0 bridgehead atoms. The molecule has 0 atom stereocenters. The summed E-state index contributed by atoms with van der Waals surface area (Å²) in [4.78, 5) is 0. The van der Waals surface area contributed by atoms with Crippen molar-refractivity contribution in [2.24, 2.45) is 0 Å². The summed E-state index contributed by atoms with van der Waals surface area (Å²) in [5, 5.41) is 0. The molecule has 120 valence electrons. The summed E-state index contributed by atoms with van der Waals surface area (Å²) in [6, 6.07) is 10.9. The van der Waals surface area contributed by atoms with Gasteiger partial charge in [0.1, 0.15) is 0 Å². The van der Waals surface area contributed by atoms with Gasteiger partial charge in [-0.05, 0) is 24.3 Å². The van der Waals surface area contributed by atoms with E-state index in [9.17, 15) is 0 Å². The first-order chi connectivity index (χ1) is 11.2. The van der Waals surface area contributed by atoms with Crippen molar-refractivity contribution in [3.8, 4) is 34.5 Å². The van der Waals surface area contributed by atoms with Gasteiger partial charge in [-0.2, -0.15) is 0 Å². The van der Waals surface area contributed by atoms with E-state index in [2.05, 4.69) is 0 Å². The van der Waals surface area contributed by atoms with Gasteiger partial charge in [-0.1, -0.05) is 12.1 Å². The van der Waals surface area contributed by atoms with Gasteiger partial charge in [-0.25, -0.2) is 0 Å². The normalized spacial score (nSPS) is 16.8. The Labute approximate surface area is 133 Å². The van der Waals surface area contributed by atoms with E-state index >= 15 is 0 Å². The Hall–Kier alpha value is -2.76. The Morgan fingerprint density at radius 2 is 1.26 bits per heavy atom. The van der Waals surface area contributed by atoms with Crippen LogP contribution in [0.1, 0.15) is 0 Å². The zero-order valence-electron chi connectivity index (χ0n) is 12.8. The summed E-state index contributed by atoms with van der Waals surface area (Å²) in [7, 11) is 3.16. The minimum Gasteiger partial charge on any atom is -0.493 e. The predicted octanol–water partition coefficient (Wildman–Crippen LogP) is 2.64. The molecule has 23 heavy (non-hydrogen) atoms. The second kappa shape index (κ2) is 5.15. The molecule has 0 aromatic heterocycles. The van der Waals surface area contributed by atoms with Crippen LogP contribution in [0.4, 0.5) is 0 Å². The standard InChI is InChI=1S/C17H16O6/c1-18-11-5-3-7-13-15(11)22-17(9-20-13)10-21-14-8-4-6-12(19-2)16(14)23-17/h3-8H,9-10H2,1-2H3. The van der Waals surface area contributed by atoms with Crippen LogP contribution < -0.4 is 28.4 Å². The van der Waals surface area contributed by atoms with Crippen molar-refractivity contribution in [3.05, 3.63) is 36.4 Å². The summed E-state index contributed by atoms with van der Waals surface area (Å²) in [5.74, 6) is 2.32. The lowest BCUT2D eigenvalue weighted by molar-refractivity contribution is -0.187. The number of fused-ring (bicyclic) bond motifs is 2. The smallest absolute Gasteiger partial charge is 0.320 e. The molecular formula is C17H16O6. The van der Waals surface area contributed by atoms with Crippen molar-refractivity contribution >= 4 is 0 Å². The monoisotopic (exact) mass is 316 g/mol. The molecular weight excluding hydrogens is 300 g/mol. The average Bonchev–Trinajstić information content (AvgIpc) is 2.60. The van der Waals surface area contributed by atoms with Crippen LogP contribution in [-0.2, 0) is 0 Å². The molecule has 2 aliphatic heterocycles. The number of methoxy groups -OCH3 is 2. The van der Waals surface area contributed by atoms with Gasteiger partial charge in [-0.3, -0.25) is 0 Å². The third kappa shape index (κ3) is 2.18. The van der Waals surface area contributed by atoms with Crippen LogP contribution >= 0.6 is 0 Å². The topological polar surface area (TPSA) is 55.4 Å². The summed E-state index contributed by atoms with van der Waals surface area (Å²) >= 11 is 0. The molecule has 0 fully saturated rings. The van der Waals surface area contributed by atoms with Crippen LogP contribution in [0, 0.1) is 0 Å². The van der Waals surface area contributed by atoms with E-state index in [0.717, 1.165) is 0 Å². The molecule has 6 heteroatoms. The highest BCUT2D eigenvalue weighted by molar-refractivity contribution is 5.54. The fourth-order valence-electron chi connectivity index (χ4n) is 2.67. The first kappa shape index (κ1) is 13.9. The number of rotatable bonds is 2. The van der Waals surface area contributed by atoms with Gasteiger partial charge in [0.2, 0.25) is 11.5 Å².